The molecule has 0 bridgehead atoms. The Kier molecular flexibility index (Phi) is 7.92. The van der Waals surface area contributed by atoms with Crippen LogP contribution in [-0.2, 0) is 0 Å². The summed E-state index contributed by atoms with van der Waals surface area (Å²) < 4.78 is 59.9. The summed E-state index contributed by atoms with van der Waals surface area (Å²) in [5.41, 5.74) is 13.6. The molecule has 2 aromatic heterocycles. The molecule has 2 nitrogen and oxygen atoms in total. The number of rotatable bonds is 6. The van der Waals surface area contributed by atoms with Gasteiger partial charge in [0.2, 0.25) is 0 Å². The summed E-state index contributed by atoms with van der Waals surface area (Å²) in [5.74, 6) is 0. The molecule has 0 amide bonds. The first kappa shape index (κ1) is 35.6. The largest absolute Gasteiger partial charge is 0.455 e. The van der Waals surface area contributed by atoms with Gasteiger partial charge in [0.15, 0.2) is 0 Å². The lowest BCUT2D eigenvalue weighted by Gasteiger charge is -2.21. The Morgan fingerprint density at radius 3 is 1.44 bits per heavy atom. The first-order valence-corrected chi connectivity index (χ1v) is 24.3. The van der Waals surface area contributed by atoms with Crippen molar-refractivity contribution in [1.29, 1.82) is 0 Å². The SMILES string of the molecule is [2H]c1c([2H])c([2H])c(-c2c3cc(-c4cccc5oc6c(-c7ccccc7)cccc6c45)ccc3c(-c3cc4ccccc4c4ccccc34)c3cc(-c4cccc5c4oc4c(-c6ccccc6)cccc45)ccc23)c([2H])c1[2H]. The fourth-order valence-electron chi connectivity index (χ4n) is 11.6. The molecule has 2 heteroatoms. The van der Waals surface area contributed by atoms with Crippen LogP contribution in [0, 0.1) is 0 Å². The molecule has 0 spiro atoms. The molecular formula is C70H42O2. The van der Waals surface area contributed by atoms with E-state index in [9.17, 15) is 2.74 Å². The molecule has 0 aliphatic rings. The predicted octanol–water partition coefficient (Wildman–Crippen LogP) is 20.1. The maximum absolute atomic E-state index is 9.63. The fraction of sp³-hybridized carbons (Fsp3) is 0. The lowest BCUT2D eigenvalue weighted by Crippen LogP contribution is -1.94. The van der Waals surface area contributed by atoms with Crippen molar-refractivity contribution < 1.29 is 15.7 Å². The highest BCUT2D eigenvalue weighted by Gasteiger charge is 2.23. The molecule has 0 saturated carbocycles. The number of para-hydroxylation sites is 3. The van der Waals surface area contributed by atoms with Crippen LogP contribution in [0.2, 0.25) is 0 Å². The van der Waals surface area contributed by atoms with Crippen LogP contribution < -0.4 is 0 Å². The van der Waals surface area contributed by atoms with Gasteiger partial charge in [-0.15, -0.1) is 0 Å². The van der Waals surface area contributed by atoms with E-state index in [4.69, 9.17) is 12.9 Å². The number of furan rings is 2. The van der Waals surface area contributed by atoms with E-state index in [-0.39, 0.29) is 17.6 Å². The van der Waals surface area contributed by atoms with Crippen molar-refractivity contribution in [3.05, 3.63) is 255 Å². The molecule has 0 unspecified atom stereocenters. The first-order valence-electron chi connectivity index (χ1n) is 26.8. The lowest BCUT2D eigenvalue weighted by molar-refractivity contribution is 0.670. The maximum Gasteiger partial charge on any atom is 0.143 e. The molecular weight excluding hydrogens is 873 g/mol. The Hall–Kier alpha value is -9.50. The van der Waals surface area contributed by atoms with Crippen LogP contribution in [0.25, 0.3) is 154 Å². The quantitative estimate of drug-likeness (QED) is 0.123. The fourth-order valence-corrected chi connectivity index (χ4v) is 11.6. The molecule has 0 fully saturated rings. The second-order valence-corrected chi connectivity index (χ2v) is 18.6. The highest BCUT2D eigenvalue weighted by Crippen LogP contribution is 2.50. The smallest absolute Gasteiger partial charge is 0.143 e. The third-order valence-corrected chi connectivity index (χ3v) is 14.7. The summed E-state index contributed by atoms with van der Waals surface area (Å²) in [7, 11) is 0. The second kappa shape index (κ2) is 16.0. The third kappa shape index (κ3) is 6.16. The Morgan fingerprint density at radius 1 is 0.264 bits per heavy atom. The van der Waals surface area contributed by atoms with Gasteiger partial charge in [-0.2, -0.15) is 0 Å². The van der Waals surface area contributed by atoms with Crippen LogP contribution in [0.15, 0.2) is 264 Å². The van der Waals surface area contributed by atoms with E-state index < -0.39 is 18.1 Å². The van der Waals surface area contributed by atoms with E-state index in [2.05, 4.69) is 176 Å². The first-order chi connectivity index (χ1) is 37.8. The molecule has 15 aromatic rings. The maximum atomic E-state index is 9.63. The number of hydrogen-bond acceptors (Lipinski definition) is 2. The molecule has 0 aliphatic heterocycles. The average molecular weight is 920 g/mol. The summed E-state index contributed by atoms with van der Waals surface area (Å²) >= 11 is 0. The van der Waals surface area contributed by atoms with Crippen molar-refractivity contribution in [2.45, 2.75) is 0 Å². The summed E-state index contributed by atoms with van der Waals surface area (Å²) in [4.78, 5) is 0. The number of fused-ring (bicyclic) bond motifs is 11. The van der Waals surface area contributed by atoms with E-state index in [0.717, 1.165) is 143 Å². The Labute approximate surface area is 422 Å². The van der Waals surface area contributed by atoms with Gasteiger partial charge in [-0.3, -0.25) is 0 Å². The van der Waals surface area contributed by atoms with Crippen molar-refractivity contribution in [3.63, 3.8) is 0 Å². The van der Waals surface area contributed by atoms with E-state index in [1.807, 2.05) is 48.5 Å². The normalized spacial score (nSPS) is 12.9. The Balaban J connectivity index is 1.08. The van der Waals surface area contributed by atoms with Gasteiger partial charge in [0.05, 0.1) is 6.85 Å². The number of benzene rings is 13. The van der Waals surface area contributed by atoms with Crippen LogP contribution in [-0.4, -0.2) is 0 Å². The van der Waals surface area contributed by atoms with Crippen LogP contribution in [0.5, 0.6) is 0 Å². The van der Waals surface area contributed by atoms with E-state index in [0.29, 0.717) is 5.56 Å². The van der Waals surface area contributed by atoms with Gasteiger partial charge in [-0.25, -0.2) is 0 Å². The van der Waals surface area contributed by atoms with Crippen molar-refractivity contribution in [3.8, 4) is 66.8 Å². The highest BCUT2D eigenvalue weighted by molar-refractivity contribution is 6.27. The summed E-state index contributed by atoms with van der Waals surface area (Å²) in [6, 6.07) is 76.0. The van der Waals surface area contributed by atoms with Crippen LogP contribution in [0.1, 0.15) is 6.85 Å². The standard InChI is InChI=1S/C70H42O2/c1-4-18-43(19-5-1)51-29-14-32-58-59-33-15-31-53(69(59)72-68(51)58)48-37-38-56-63(42-48)66(61-40-46-24-10-11-25-49(46)54-26-12-13-27-55(54)61)57-39-36-47(41-62(57)65(56)45-22-8-3-9-23-45)50-28-17-35-64-67(50)60-34-16-30-52(70(60)71-64)44-20-6-2-7-21-44/h1-42H/i3D,8D,9D,22D,23D. The topological polar surface area (TPSA) is 26.3 Å². The predicted molar refractivity (Wildman–Crippen MR) is 304 cm³/mol. The van der Waals surface area contributed by atoms with Gasteiger partial charge in [0.25, 0.3) is 0 Å². The molecule has 15 rings (SSSR count). The van der Waals surface area contributed by atoms with Crippen LogP contribution >= 0.6 is 0 Å². The molecule has 13 aromatic carbocycles. The molecule has 0 radical (unpaired) electrons. The molecule has 0 saturated heterocycles. The second-order valence-electron chi connectivity index (χ2n) is 18.6. The summed E-state index contributed by atoms with van der Waals surface area (Å²) in [5, 5.41) is 11.6. The molecule has 0 N–H and O–H groups in total. The molecule has 72 heavy (non-hydrogen) atoms. The minimum atomic E-state index is -0.442. The Morgan fingerprint density at radius 2 is 0.764 bits per heavy atom. The summed E-state index contributed by atoms with van der Waals surface area (Å²) in [6.45, 7) is 0. The molecule has 0 aliphatic carbocycles. The van der Waals surface area contributed by atoms with E-state index in [1.54, 1.807) is 0 Å². The van der Waals surface area contributed by atoms with Crippen LogP contribution in [0.3, 0.4) is 0 Å². The van der Waals surface area contributed by atoms with Crippen molar-refractivity contribution in [2.75, 3.05) is 0 Å². The minimum Gasteiger partial charge on any atom is -0.455 e. The van der Waals surface area contributed by atoms with Gasteiger partial charge in [-0.1, -0.05) is 230 Å². The van der Waals surface area contributed by atoms with Crippen molar-refractivity contribution in [2.24, 2.45) is 0 Å². The van der Waals surface area contributed by atoms with Gasteiger partial charge in [0.1, 0.15) is 22.3 Å². The summed E-state index contributed by atoms with van der Waals surface area (Å²) in [6.07, 6.45) is 0. The lowest BCUT2D eigenvalue weighted by atomic mass is 9.82. The molecule has 2 heterocycles. The van der Waals surface area contributed by atoms with Gasteiger partial charge in [-0.05, 0) is 117 Å². The van der Waals surface area contributed by atoms with Gasteiger partial charge < -0.3 is 8.83 Å². The monoisotopic (exact) mass is 919 g/mol. The minimum absolute atomic E-state index is 0.137. The third-order valence-electron chi connectivity index (χ3n) is 14.7. The average Bonchev–Trinajstić information content (AvgIpc) is 4.17. The number of hydrogen-bond donors (Lipinski definition) is 0. The van der Waals surface area contributed by atoms with E-state index in [1.165, 1.54) is 0 Å². The van der Waals surface area contributed by atoms with Gasteiger partial charge >= 0.3 is 0 Å². The zero-order chi connectivity index (χ0) is 51.6. The zero-order valence-corrected chi connectivity index (χ0v) is 38.7. The highest BCUT2D eigenvalue weighted by atomic mass is 16.3. The van der Waals surface area contributed by atoms with Crippen molar-refractivity contribution in [1.82, 2.24) is 0 Å². The van der Waals surface area contributed by atoms with Gasteiger partial charge in [0, 0.05) is 38.2 Å². The van der Waals surface area contributed by atoms with Crippen molar-refractivity contribution >= 4 is 87.0 Å². The molecule has 0 atom stereocenters. The zero-order valence-electron chi connectivity index (χ0n) is 43.7. The van der Waals surface area contributed by atoms with E-state index >= 15 is 0 Å². The van der Waals surface area contributed by atoms with Crippen LogP contribution in [0.4, 0.5) is 0 Å². The molecule has 334 valence electrons. The Bertz CT molecular complexity index is 4950.